The highest BCUT2D eigenvalue weighted by molar-refractivity contribution is 6.42. The molecule has 1 aliphatic heterocycles. The molecule has 0 N–H and O–H groups in total. The molecule has 0 fully saturated rings. The summed E-state index contributed by atoms with van der Waals surface area (Å²) in [5.41, 5.74) is 1.56. The molecule has 1 aromatic carbocycles. The molecule has 3 rings (SSSR count). The van der Waals surface area contributed by atoms with Crippen molar-refractivity contribution in [1.82, 2.24) is 14.7 Å². The van der Waals surface area contributed by atoms with Gasteiger partial charge in [-0.3, -0.25) is 4.79 Å². The minimum Gasteiger partial charge on any atom is -0.383 e. The highest BCUT2D eigenvalue weighted by atomic mass is 35.5. The van der Waals surface area contributed by atoms with E-state index in [1.165, 1.54) is 0 Å². The number of fused-ring (bicyclic) bond motifs is 1. The Labute approximate surface area is 180 Å². The van der Waals surface area contributed by atoms with E-state index in [1.807, 2.05) is 19.1 Å². The summed E-state index contributed by atoms with van der Waals surface area (Å²) in [7, 11) is 3.22. The van der Waals surface area contributed by atoms with Crippen molar-refractivity contribution >= 4 is 40.6 Å². The van der Waals surface area contributed by atoms with Gasteiger partial charge in [-0.1, -0.05) is 29.3 Å². The van der Waals surface area contributed by atoms with E-state index in [0.717, 1.165) is 11.3 Å². The number of halogens is 2. The van der Waals surface area contributed by atoms with Crippen LogP contribution in [0.4, 0.5) is 5.82 Å². The molecule has 0 saturated heterocycles. The van der Waals surface area contributed by atoms with Gasteiger partial charge >= 0.3 is 0 Å². The van der Waals surface area contributed by atoms with Gasteiger partial charge in [0.2, 0.25) is 5.91 Å². The average Bonchev–Trinajstić information content (AvgIpc) is 3.16. The predicted molar refractivity (Wildman–Crippen MR) is 113 cm³/mol. The summed E-state index contributed by atoms with van der Waals surface area (Å²) in [6.07, 6.45) is 1.68. The average molecular weight is 439 g/mol. The minimum absolute atomic E-state index is 0.0578. The van der Waals surface area contributed by atoms with Gasteiger partial charge in [-0.15, -0.1) is 0 Å². The second kappa shape index (κ2) is 9.71. The van der Waals surface area contributed by atoms with E-state index in [2.05, 4.69) is 10.1 Å². The maximum absolute atomic E-state index is 13.6. The van der Waals surface area contributed by atoms with Crippen LogP contribution < -0.4 is 0 Å². The molecule has 1 aromatic heterocycles. The quantitative estimate of drug-likeness (QED) is 0.630. The molecule has 2 atom stereocenters. The van der Waals surface area contributed by atoms with E-state index in [9.17, 15) is 4.79 Å². The number of benzene rings is 1. The van der Waals surface area contributed by atoms with Gasteiger partial charge in [0, 0.05) is 39.1 Å². The van der Waals surface area contributed by atoms with Crippen LogP contribution in [0.25, 0.3) is 0 Å². The van der Waals surface area contributed by atoms with Crippen LogP contribution in [-0.4, -0.2) is 66.8 Å². The van der Waals surface area contributed by atoms with Gasteiger partial charge in [-0.05, 0) is 24.6 Å². The lowest BCUT2D eigenvalue weighted by Crippen LogP contribution is -2.46. The van der Waals surface area contributed by atoms with E-state index in [-0.39, 0.29) is 11.9 Å². The first kappa shape index (κ1) is 21.8. The Hall–Kier alpha value is -1.93. The van der Waals surface area contributed by atoms with Crippen LogP contribution in [0.15, 0.2) is 35.5 Å². The Kier molecular flexibility index (Phi) is 7.29. The third-order valence-electron chi connectivity index (χ3n) is 4.96. The van der Waals surface area contributed by atoms with Crippen molar-refractivity contribution in [3.8, 4) is 0 Å². The summed E-state index contributed by atoms with van der Waals surface area (Å²) in [5.74, 6) is 0.105. The summed E-state index contributed by atoms with van der Waals surface area (Å²) in [5, 5.41) is 5.32. The second-order valence-corrected chi connectivity index (χ2v) is 7.61. The lowest BCUT2D eigenvalue weighted by atomic mass is 9.87. The number of carbonyl (C=O) groups excluding carboxylic acids is 1. The summed E-state index contributed by atoms with van der Waals surface area (Å²) in [4.78, 5) is 20.0. The van der Waals surface area contributed by atoms with Gasteiger partial charge in [0.1, 0.15) is 5.92 Å². The normalized spacial score (nSPS) is 18.3. The van der Waals surface area contributed by atoms with E-state index < -0.39 is 5.92 Å². The van der Waals surface area contributed by atoms with Crippen molar-refractivity contribution < 1.29 is 14.3 Å². The van der Waals surface area contributed by atoms with E-state index in [1.54, 1.807) is 42.1 Å². The Bertz CT molecular complexity index is 892. The number of rotatable bonds is 8. The highest BCUT2D eigenvalue weighted by Crippen LogP contribution is 2.38. The monoisotopic (exact) mass is 438 g/mol. The van der Waals surface area contributed by atoms with Crippen molar-refractivity contribution in [3.63, 3.8) is 0 Å². The molecular weight excluding hydrogens is 415 g/mol. The fraction of sp³-hybridized carbons (Fsp3) is 0.450. The standard InChI is InChI=1S/C20H24Cl2N4O3/c1-13-18(20(27)25(8-10-28-2)9-11-29-3)19(26-17(24-13)6-7-23-26)14-4-5-15(21)16(22)12-14/h4-7,12,18-19H,8-11H2,1-3H3. The Morgan fingerprint density at radius 1 is 1.14 bits per heavy atom. The number of hydrogen-bond donors (Lipinski definition) is 0. The molecule has 9 heteroatoms. The topological polar surface area (TPSA) is 69.0 Å². The Morgan fingerprint density at radius 3 is 2.45 bits per heavy atom. The van der Waals surface area contributed by atoms with Crippen molar-refractivity contribution in [3.05, 3.63) is 46.1 Å². The number of amides is 1. The van der Waals surface area contributed by atoms with Gasteiger partial charge in [-0.25, -0.2) is 9.67 Å². The zero-order valence-corrected chi connectivity index (χ0v) is 18.2. The third-order valence-corrected chi connectivity index (χ3v) is 5.70. The first-order valence-corrected chi connectivity index (χ1v) is 10.0. The zero-order valence-electron chi connectivity index (χ0n) is 16.6. The molecule has 0 spiro atoms. The van der Waals surface area contributed by atoms with E-state index in [0.29, 0.717) is 42.2 Å². The third kappa shape index (κ3) is 4.64. The Morgan fingerprint density at radius 2 is 1.83 bits per heavy atom. The first-order valence-electron chi connectivity index (χ1n) is 9.28. The van der Waals surface area contributed by atoms with Crippen LogP contribution in [-0.2, 0) is 14.3 Å². The first-order chi connectivity index (χ1) is 14.0. The fourth-order valence-corrected chi connectivity index (χ4v) is 3.81. The van der Waals surface area contributed by atoms with Crippen LogP contribution in [0, 0.1) is 5.92 Å². The number of nitrogens with zero attached hydrogens (tertiary/aromatic N) is 4. The smallest absolute Gasteiger partial charge is 0.234 e. The van der Waals surface area contributed by atoms with E-state index in [4.69, 9.17) is 32.7 Å². The maximum Gasteiger partial charge on any atom is 0.234 e. The molecule has 2 unspecified atom stereocenters. The number of methoxy groups -OCH3 is 2. The molecule has 2 aromatic rings. The van der Waals surface area contributed by atoms with Crippen molar-refractivity contribution in [2.45, 2.75) is 13.0 Å². The van der Waals surface area contributed by atoms with Crippen molar-refractivity contribution in [2.24, 2.45) is 10.9 Å². The molecule has 0 saturated carbocycles. The van der Waals surface area contributed by atoms with Crippen molar-refractivity contribution in [1.29, 1.82) is 0 Å². The van der Waals surface area contributed by atoms with Crippen LogP contribution >= 0.6 is 23.2 Å². The highest BCUT2D eigenvalue weighted by Gasteiger charge is 2.40. The lowest BCUT2D eigenvalue weighted by molar-refractivity contribution is -0.135. The fourth-order valence-electron chi connectivity index (χ4n) is 3.51. The molecule has 0 aliphatic carbocycles. The molecule has 29 heavy (non-hydrogen) atoms. The van der Waals surface area contributed by atoms with E-state index >= 15 is 0 Å². The van der Waals surface area contributed by atoms with Crippen molar-refractivity contribution in [2.75, 3.05) is 40.5 Å². The molecule has 1 amide bonds. The number of aliphatic imine (C=N–C) groups is 1. The molecule has 2 heterocycles. The summed E-state index contributed by atoms with van der Waals surface area (Å²) < 4.78 is 12.1. The lowest BCUT2D eigenvalue weighted by Gasteiger charge is -2.35. The number of carbonyl (C=O) groups is 1. The number of hydrogen-bond acceptors (Lipinski definition) is 5. The summed E-state index contributed by atoms with van der Waals surface area (Å²) in [6, 6.07) is 6.83. The molecule has 1 aliphatic rings. The molecule has 7 nitrogen and oxygen atoms in total. The maximum atomic E-state index is 13.6. The minimum atomic E-state index is -0.534. The van der Waals surface area contributed by atoms with Gasteiger partial charge in [0.15, 0.2) is 5.82 Å². The summed E-state index contributed by atoms with van der Waals surface area (Å²) >= 11 is 12.4. The van der Waals surface area contributed by atoms with Gasteiger partial charge in [-0.2, -0.15) is 5.10 Å². The Balaban J connectivity index is 2.03. The SMILES string of the molecule is COCCN(CCOC)C(=O)C1C(C)=Nc2ccnn2C1c1ccc(Cl)c(Cl)c1. The molecule has 156 valence electrons. The predicted octanol–water partition coefficient (Wildman–Crippen LogP) is 3.62. The van der Waals surface area contributed by atoms with Gasteiger partial charge < -0.3 is 14.4 Å². The zero-order chi connectivity index (χ0) is 21.0. The molecule has 0 radical (unpaired) electrons. The largest absolute Gasteiger partial charge is 0.383 e. The number of aromatic nitrogens is 2. The molecule has 0 bridgehead atoms. The number of ether oxygens (including phenoxy) is 2. The van der Waals surface area contributed by atoms with Crippen LogP contribution in [0.3, 0.4) is 0 Å². The second-order valence-electron chi connectivity index (χ2n) is 6.79. The molecular formula is C20H24Cl2N4O3. The van der Waals surface area contributed by atoms with Gasteiger partial charge in [0.05, 0.1) is 35.5 Å². The van der Waals surface area contributed by atoms with Gasteiger partial charge in [0.25, 0.3) is 0 Å². The van der Waals surface area contributed by atoms with Crippen LogP contribution in [0.1, 0.15) is 18.5 Å². The van der Waals surface area contributed by atoms with Crippen LogP contribution in [0.5, 0.6) is 0 Å². The van der Waals surface area contributed by atoms with Crippen LogP contribution in [0.2, 0.25) is 10.0 Å². The summed E-state index contributed by atoms with van der Waals surface area (Å²) in [6.45, 7) is 3.66.